The van der Waals surface area contributed by atoms with Crippen LogP contribution in [0.1, 0.15) is 26.7 Å². The maximum atomic E-state index is 13.4. The molecular formula is C13H19FN2. The molecule has 0 bridgehead atoms. The normalized spacial score (nSPS) is 15.5. The van der Waals surface area contributed by atoms with E-state index in [-0.39, 0.29) is 11.5 Å². The van der Waals surface area contributed by atoms with E-state index in [4.69, 9.17) is 5.73 Å². The van der Waals surface area contributed by atoms with Gasteiger partial charge in [-0.2, -0.15) is 0 Å². The van der Waals surface area contributed by atoms with Gasteiger partial charge in [0.15, 0.2) is 0 Å². The largest absolute Gasteiger partial charge is 0.395 e. The number of rotatable bonds is 4. The molecule has 2 nitrogen and oxygen atoms in total. The van der Waals surface area contributed by atoms with Crippen molar-refractivity contribution < 1.29 is 4.39 Å². The second kappa shape index (κ2) is 4.32. The molecule has 1 fully saturated rings. The van der Waals surface area contributed by atoms with E-state index in [1.807, 2.05) is 6.07 Å². The van der Waals surface area contributed by atoms with Gasteiger partial charge in [-0.1, -0.05) is 6.07 Å². The zero-order chi connectivity index (χ0) is 11.7. The van der Waals surface area contributed by atoms with Crippen LogP contribution >= 0.6 is 0 Å². The molecule has 0 radical (unpaired) electrons. The molecule has 0 saturated heterocycles. The van der Waals surface area contributed by atoms with E-state index >= 15 is 0 Å². The van der Waals surface area contributed by atoms with Crippen LogP contribution in [0.5, 0.6) is 0 Å². The average Bonchev–Trinajstić information content (AvgIpc) is 3.03. The van der Waals surface area contributed by atoms with Crippen LogP contribution in [0.4, 0.5) is 15.8 Å². The van der Waals surface area contributed by atoms with Crippen LogP contribution in [0.15, 0.2) is 18.2 Å². The van der Waals surface area contributed by atoms with Crippen molar-refractivity contribution in [2.45, 2.75) is 32.7 Å². The molecule has 0 atom stereocenters. The first-order chi connectivity index (χ1) is 7.59. The fourth-order valence-electron chi connectivity index (χ4n) is 1.94. The van der Waals surface area contributed by atoms with Crippen molar-refractivity contribution in [3.05, 3.63) is 24.0 Å². The molecule has 88 valence electrons. The lowest BCUT2D eigenvalue weighted by atomic mass is 10.2. The third-order valence-corrected chi connectivity index (χ3v) is 3.11. The molecule has 1 saturated carbocycles. The Morgan fingerprint density at radius 3 is 2.69 bits per heavy atom. The Hall–Kier alpha value is -1.25. The summed E-state index contributed by atoms with van der Waals surface area (Å²) in [5, 5.41) is 0. The number of nitrogen functional groups attached to an aromatic ring is 1. The summed E-state index contributed by atoms with van der Waals surface area (Å²) in [5.41, 5.74) is 6.91. The highest BCUT2D eigenvalue weighted by Gasteiger charge is 2.26. The van der Waals surface area contributed by atoms with Gasteiger partial charge in [-0.15, -0.1) is 0 Å². The summed E-state index contributed by atoms with van der Waals surface area (Å²) >= 11 is 0. The predicted molar refractivity (Wildman–Crippen MR) is 66.0 cm³/mol. The van der Waals surface area contributed by atoms with Crippen molar-refractivity contribution in [1.29, 1.82) is 0 Å². The van der Waals surface area contributed by atoms with E-state index in [1.54, 1.807) is 6.07 Å². The second-order valence-corrected chi connectivity index (χ2v) is 4.86. The van der Waals surface area contributed by atoms with Crippen LogP contribution in [0.2, 0.25) is 0 Å². The molecule has 0 spiro atoms. The van der Waals surface area contributed by atoms with E-state index < -0.39 is 0 Å². The Labute approximate surface area is 96.2 Å². The van der Waals surface area contributed by atoms with Crippen LogP contribution in [0.3, 0.4) is 0 Å². The van der Waals surface area contributed by atoms with Gasteiger partial charge < -0.3 is 10.6 Å². The van der Waals surface area contributed by atoms with E-state index in [2.05, 4.69) is 18.7 Å². The molecule has 0 unspecified atom stereocenters. The zero-order valence-electron chi connectivity index (χ0n) is 9.91. The molecule has 1 aliphatic rings. The summed E-state index contributed by atoms with van der Waals surface area (Å²) in [4.78, 5) is 2.20. The average molecular weight is 222 g/mol. The summed E-state index contributed by atoms with van der Waals surface area (Å²) in [6, 6.07) is 5.39. The Morgan fingerprint density at radius 1 is 1.44 bits per heavy atom. The van der Waals surface area contributed by atoms with Crippen LogP contribution in [-0.4, -0.2) is 12.6 Å². The SMILES string of the molecule is CC(C)N(CC1CC1)c1cccc(F)c1N. The van der Waals surface area contributed by atoms with Gasteiger partial charge in [0.25, 0.3) is 0 Å². The lowest BCUT2D eigenvalue weighted by Gasteiger charge is -2.30. The minimum atomic E-state index is -0.320. The van der Waals surface area contributed by atoms with E-state index in [9.17, 15) is 4.39 Å². The van der Waals surface area contributed by atoms with Crippen molar-refractivity contribution >= 4 is 11.4 Å². The summed E-state index contributed by atoms with van der Waals surface area (Å²) in [5.74, 6) is 0.448. The molecule has 0 heterocycles. The van der Waals surface area contributed by atoms with Gasteiger partial charge in [0.05, 0.1) is 11.4 Å². The zero-order valence-corrected chi connectivity index (χ0v) is 9.91. The highest BCUT2D eigenvalue weighted by atomic mass is 19.1. The summed E-state index contributed by atoms with van der Waals surface area (Å²) in [6.07, 6.45) is 2.58. The van der Waals surface area contributed by atoms with Crippen molar-refractivity contribution in [3.8, 4) is 0 Å². The summed E-state index contributed by atoms with van der Waals surface area (Å²) in [6.45, 7) is 5.23. The van der Waals surface area contributed by atoms with Crippen LogP contribution < -0.4 is 10.6 Å². The van der Waals surface area contributed by atoms with E-state index in [0.717, 1.165) is 18.2 Å². The maximum Gasteiger partial charge on any atom is 0.148 e. The van der Waals surface area contributed by atoms with Crippen molar-refractivity contribution in [2.75, 3.05) is 17.2 Å². The topological polar surface area (TPSA) is 29.3 Å². The Morgan fingerprint density at radius 2 is 2.12 bits per heavy atom. The van der Waals surface area contributed by atoms with Crippen molar-refractivity contribution in [2.24, 2.45) is 5.92 Å². The first kappa shape index (κ1) is 11.2. The minimum Gasteiger partial charge on any atom is -0.395 e. The van der Waals surface area contributed by atoms with Gasteiger partial charge in [-0.3, -0.25) is 0 Å². The monoisotopic (exact) mass is 222 g/mol. The molecule has 16 heavy (non-hydrogen) atoms. The fourth-order valence-corrected chi connectivity index (χ4v) is 1.94. The molecule has 0 aliphatic heterocycles. The molecule has 1 aromatic carbocycles. The van der Waals surface area contributed by atoms with Gasteiger partial charge in [0.2, 0.25) is 0 Å². The van der Waals surface area contributed by atoms with Crippen molar-refractivity contribution in [3.63, 3.8) is 0 Å². The highest BCUT2D eigenvalue weighted by Crippen LogP contribution is 2.34. The molecular weight excluding hydrogens is 203 g/mol. The Bertz CT molecular complexity index is 372. The van der Waals surface area contributed by atoms with Crippen LogP contribution in [0.25, 0.3) is 0 Å². The third kappa shape index (κ3) is 2.29. The molecule has 3 heteroatoms. The minimum absolute atomic E-state index is 0.275. The molecule has 2 rings (SSSR count). The summed E-state index contributed by atoms with van der Waals surface area (Å²) < 4.78 is 13.4. The number of nitrogens with two attached hydrogens (primary N) is 1. The molecule has 2 N–H and O–H groups in total. The van der Waals surface area contributed by atoms with E-state index in [1.165, 1.54) is 18.9 Å². The quantitative estimate of drug-likeness (QED) is 0.793. The van der Waals surface area contributed by atoms with E-state index in [0.29, 0.717) is 6.04 Å². The first-order valence-electron chi connectivity index (χ1n) is 5.90. The number of nitrogens with zero attached hydrogens (tertiary/aromatic N) is 1. The standard InChI is InChI=1S/C13H19FN2/c1-9(2)16(8-10-6-7-10)12-5-3-4-11(14)13(12)15/h3-5,9-10H,6-8,15H2,1-2H3. The lowest BCUT2D eigenvalue weighted by Crippen LogP contribution is -2.33. The molecule has 0 aromatic heterocycles. The highest BCUT2D eigenvalue weighted by molar-refractivity contribution is 5.68. The number of anilines is 2. The third-order valence-electron chi connectivity index (χ3n) is 3.11. The molecule has 0 amide bonds. The second-order valence-electron chi connectivity index (χ2n) is 4.86. The molecule has 1 aromatic rings. The van der Waals surface area contributed by atoms with Gasteiger partial charge in [0.1, 0.15) is 5.82 Å². The number of para-hydroxylation sites is 1. The summed E-state index contributed by atoms with van der Waals surface area (Å²) in [7, 11) is 0. The van der Waals surface area contributed by atoms with Crippen LogP contribution in [-0.2, 0) is 0 Å². The van der Waals surface area contributed by atoms with Gasteiger partial charge in [-0.25, -0.2) is 4.39 Å². The van der Waals surface area contributed by atoms with Crippen molar-refractivity contribution in [1.82, 2.24) is 0 Å². The Kier molecular flexibility index (Phi) is 3.03. The molecule has 1 aliphatic carbocycles. The van der Waals surface area contributed by atoms with Gasteiger partial charge in [0, 0.05) is 12.6 Å². The number of hydrogen-bond acceptors (Lipinski definition) is 2. The van der Waals surface area contributed by atoms with Gasteiger partial charge in [-0.05, 0) is 44.7 Å². The number of benzene rings is 1. The maximum absolute atomic E-state index is 13.4. The fraction of sp³-hybridized carbons (Fsp3) is 0.538. The van der Waals surface area contributed by atoms with Gasteiger partial charge >= 0.3 is 0 Å². The first-order valence-corrected chi connectivity index (χ1v) is 5.90. The van der Waals surface area contributed by atoms with Crippen LogP contribution in [0, 0.1) is 11.7 Å². The number of hydrogen-bond donors (Lipinski definition) is 1. The predicted octanol–water partition coefficient (Wildman–Crippen LogP) is 3.03. The smallest absolute Gasteiger partial charge is 0.148 e. The Balaban J connectivity index is 2.26. The number of halogens is 1. The lowest BCUT2D eigenvalue weighted by molar-refractivity contribution is 0.621.